The molecule has 0 bridgehead atoms. The van der Waals surface area contributed by atoms with Gasteiger partial charge in [0.1, 0.15) is 5.03 Å². The van der Waals surface area contributed by atoms with Crippen LogP contribution in [0.5, 0.6) is 0 Å². The largest absolute Gasteiger partial charge is 0.288 e. The van der Waals surface area contributed by atoms with Gasteiger partial charge in [-0.15, -0.1) is 11.8 Å². The Morgan fingerprint density at radius 1 is 0.917 bits per heavy atom. The van der Waals surface area contributed by atoms with E-state index in [9.17, 15) is 4.79 Å². The monoisotopic (exact) mass is 350 g/mol. The first-order chi connectivity index (χ1) is 11.8. The third kappa shape index (κ3) is 2.64. The Labute approximate surface area is 148 Å². The first-order valence-corrected chi connectivity index (χ1v) is 9.76. The van der Waals surface area contributed by atoms with Gasteiger partial charge in [0.15, 0.2) is 10.9 Å². The Balaban J connectivity index is 1.73. The smallest absolute Gasteiger partial charge is 0.198 e. The normalized spacial score (nSPS) is 12.1. The number of aromatic nitrogens is 2. The van der Waals surface area contributed by atoms with E-state index in [-0.39, 0.29) is 5.78 Å². The number of ketones is 1. The number of nitrogens with zero attached hydrogens (tertiary/aromatic N) is 2. The van der Waals surface area contributed by atoms with Crippen molar-refractivity contribution in [3.8, 4) is 11.3 Å². The van der Waals surface area contributed by atoms with Crippen LogP contribution in [0.2, 0.25) is 0 Å². The minimum absolute atomic E-state index is 0.0320. The quantitative estimate of drug-likeness (QED) is 0.303. The summed E-state index contributed by atoms with van der Waals surface area (Å²) in [6, 6.07) is 17.9. The molecule has 3 nitrogen and oxygen atoms in total. The molecule has 0 saturated carbocycles. The maximum Gasteiger partial charge on any atom is 0.198 e. The van der Waals surface area contributed by atoms with E-state index in [1.807, 2.05) is 48.7 Å². The highest BCUT2D eigenvalue weighted by Gasteiger charge is 2.31. The Hall–Kier alpha value is -2.11. The van der Waals surface area contributed by atoms with Gasteiger partial charge in [0.25, 0.3) is 0 Å². The predicted octanol–water partition coefficient (Wildman–Crippen LogP) is 4.70. The van der Waals surface area contributed by atoms with E-state index in [0.29, 0.717) is 10.7 Å². The predicted molar refractivity (Wildman–Crippen MR) is 98.7 cm³/mol. The van der Waals surface area contributed by atoms with E-state index in [0.717, 1.165) is 27.6 Å². The molecule has 24 heavy (non-hydrogen) atoms. The molecule has 0 N–H and O–H groups in total. The summed E-state index contributed by atoms with van der Waals surface area (Å²) >= 11 is 3.10. The summed E-state index contributed by atoms with van der Waals surface area (Å²) in [6.45, 7) is 0. The van der Waals surface area contributed by atoms with Crippen molar-refractivity contribution in [1.29, 1.82) is 0 Å². The van der Waals surface area contributed by atoms with Crippen molar-refractivity contribution in [2.45, 2.75) is 15.9 Å². The van der Waals surface area contributed by atoms with Gasteiger partial charge in [0.05, 0.1) is 11.3 Å². The number of fused-ring (bicyclic) bond motifs is 3. The van der Waals surface area contributed by atoms with Gasteiger partial charge in [-0.05, 0) is 11.8 Å². The van der Waals surface area contributed by atoms with Crippen LogP contribution in [0, 0.1) is 0 Å². The van der Waals surface area contributed by atoms with Crippen LogP contribution < -0.4 is 0 Å². The fourth-order valence-electron chi connectivity index (χ4n) is 2.78. The molecule has 1 aliphatic rings. The summed E-state index contributed by atoms with van der Waals surface area (Å²) < 4.78 is 0. The van der Waals surface area contributed by atoms with Gasteiger partial charge in [-0.2, -0.15) is 0 Å². The molecule has 2 aromatic carbocycles. The minimum atomic E-state index is 0.0320. The topological polar surface area (TPSA) is 42.9 Å². The lowest BCUT2D eigenvalue weighted by Gasteiger charge is -2.07. The number of hydrogen-bond acceptors (Lipinski definition) is 5. The Kier molecular flexibility index (Phi) is 4.12. The van der Waals surface area contributed by atoms with E-state index in [2.05, 4.69) is 22.1 Å². The van der Waals surface area contributed by atoms with Crippen molar-refractivity contribution >= 4 is 29.3 Å². The van der Waals surface area contributed by atoms with Crippen molar-refractivity contribution in [1.82, 2.24) is 9.97 Å². The van der Waals surface area contributed by atoms with Crippen LogP contribution in [0.25, 0.3) is 11.3 Å². The second kappa shape index (κ2) is 6.42. The van der Waals surface area contributed by atoms with E-state index in [4.69, 9.17) is 0 Å². The molecule has 1 heterocycles. The zero-order chi connectivity index (χ0) is 16.5. The van der Waals surface area contributed by atoms with Gasteiger partial charge in [-0.1, -0.05) is 66.4 Å². The van der Waals surface area contributed by atoms with Gasteiger partial charge in [-0.25, -0.2) is 9.97 Å². The number of rotatable bonds is 4. The minimum Gasteiger partial charge on any atom is -0.288 e. The zero-order valence-electron chi connectivity index (χ0n) is 13.0. The lowest BCUT2D eigenvalue weighted by atomic mass is 10.1. The third-order valence-electron chi connectivity index (χ3n) is 3.91. The maximum absolute atomic E-state index is 12.7. The molecule has 0 saturated heterocycles. The summed E-state index contributed by atoms with van der Waals surface area (Å²) in [5.41, 5.74) is 4.28. The fourth-order valence-corrected chi connectivity index (χ4v) is 4.21. The molecular weight excluding hydrogens is 336 g/mol. The molecule has 0 spiro atoms. The average Bonchev–Trinajstić information content (AvgIpc) is 2.93. The summed E-state index contributed by atoms with van der Waals surface area (Å²) in [4.78, 5) is 21.9. The van der Waals surface area contributed by atoms with Crippen LogP contribution in [-0.2, 0) is 5.75 Å². The average molecular weight is 350 g/mol. The molecule has 0 aliphatic heterocycles. The standard InChI is InChI=1S/C19H14N2OS2/c1-23-18-15-16(13-9-5-6-10-14(13)17(15)22)20-19(21-18)24-11-12-7-3-2-4-8-12/h2-10H,11H2,1H3. The fraction of sp³-hybridized carbons (Fsp3) is 0.105. The molecule has 0 unspecified atom stereocenters. The van der Waals surface area contributed by atoms with Gasteiger partial charge in [0.2, 0.25) is 0 Å². The first-order valence-electron chi connectivity index (χ1n) is 7.55. The number of hydrogen-bond donors (Lipinski definition) is 0. The van der Waals surface area contributed by atoms with Crippen LogP contribution in [0.15, 0.2) is 64.8 Å². The maximum atomic E-state index is 12.7. The zero-order valence-corrected chi connectivity index (χ0v) is 14.7. The first kappa shape index (κ1) is 15.4. The highest BCUT2D eigenvalue weighted by molar-refractivity contribution is 7.99. The van der Waals surface area contributed by atoms with Crippen LogP contribution >= 0.6 is 23.5 Å². The molecule has 0 radical (unpaired) electrons. The number of benzene rings is 2. The summed E-state index contributed by atoms with van der Waals surface area (Å²) in [5, 5.41) is 1.48. The number of carbonyl (C=O) groups is 1. The second-order valence-electron chi connectivity index (χ2n) is 5.39. The van der Waals surface area contributed by atoms with E-state index < -0.39 is 0 Å². The summed E-state index contributed by atoms with van der Waals surface area (Å²) in [6.07, 6.45) is 1.95. The van der Waals surface area contributed by atoms with Gasteiger partial charge >= 0.3 is 0 Å². The van der Waals surface area contributed by atoms with Crippen LogP contribution in [0.1, 0.15) is 21.5 Å². The number of carbonyl (C=O) groups excluding carboxylic acids is 1. The Morgan fingerprint density at radius 3 is 2.38 bits per heavy atom. The van der Waals surface area contributed by atoms with Crippen molar-refractivity contribution in [3.05, 3.63) is 71.3 Å². The van der Waals surface area contributed by atoms with Crippen molar-refractivity contribution in [3.63, 3.8) is 0 Å². The highest BCUT2D eigenvalue weighted by Crippen LogP contribution is 2.40. The third-order valence-corrected chi connectivity index (χ3v) is 5.51. The molecule has 1 aromatic heterocycles. The molecule has 3 aromatic rings. The molecule has 0 atom stereocenters. The van der Waals surface area contributed by atoms with E-state index in [1.165, 1.54) is 17.3 Å². The SMILES string of the molecule is CSc1nc(SCc2ccccc2)nc2c1C(=O)c1ccccc1-2. The van der Waals surface area contributed by atoms with Crippen molar-refractivity contribution < 1.29 is 4.79 Å². The van der Waals surface area contributed by atoms with Gasteiger partial charge < -0.3 is 0 Å². The van der Waals surface area contributed by atoms with Gasteiger partial charge in [0, 0.05) is 16.9 Å². The van der Waals surface area contributed by atoms with Crippen molar-refractivity contribution in [2.24, 2.45) is 0 Å². The summed E-state index contributed by atoms with van der Waals surface area (Å²) in [5.74, 6) is 0.841. The molecule has 118 valence electrons. The van der Waals surface area contributed by atoms with Crippen LogP contribution in [0.4, 0.5) is 0 Å². The molecular formula is C19H14N2OS2. The number of thioether (sulfide) groups is 2. The van der Waals surface area contributed by atoms with Crippen LogP contribution in [-0.4, -0.2) is 22.0 Å². The molecule has 1 aliphatic carbocycles. The molecule has 0 amide bonds. The van der Waals surface area contributed by atoms with Gasteiger partial charge in [-0.3, -0.25) is 4.79 Å². The lowest BCUT2D eigenvalue weighted by Crippen LogP contribution is -2.02. The molecule has 5 heteroatoms. The summed E-state index contributed by atoms with van der Waals surface area (Å²) in [7, 11) is 0. The second-order valence-corrected chi connectivity index (χ2v) is 7.13. The molecule has 0 fully saturated rings. The Morgan fingerprint density at radius 2 is 1.62 bits per heavy atom. The lowest BCUT2D eigenvalue weighted by molar-refractivity contribution is 0.104. The van der Waals surface area contributed by atoms with E-state index in [1.54, 1.807) is 11.8 Å². The molecule has 4 rings (SSSR count). The Bertz CT molecular complexity index is 926. The van der Waals surface area contributed by atoms with Crippen LogP contribution in [0.3, 0.4) is 0 Å². The highest BCUT2D eigenvalue weighted by atomic mass is 32.2. The van der Waals surface area contributed by atoms with E-state index >= 15 is 0 Å². The van der Waals surface area contributed by atoms with Crippen molar-refractivity contribution in [2.75, 3.05) is 6.26 Å².